The molecule has 0 unspecified atom stereocenters. The number of anilines is 1. The van der Waals surface area contributed by atoms with Crippen LogP contribution in [0.5, 0.6) is 5.75 Å². The number of pyridine rings is 1. The molecule has 3 N–H and O–H groups in total. The molecule has 9 heteroatoms. The molecular formula is C24H32N4O5. The number of methoxy groups -OCH3 is 1. The second-order valence-corrected chi connectivity index (χ2v) is 8.28. The number of carbonyl (C=O) groups excluding carboxylic acids is 2. The van der Waals surface area contributed by atoms with Gasteiger partial charge in [-0.05, 0) is 56.0 Å². The molecule has 0 bridgehead atoms. The van der Waals surface area contributed by atoms with Crippen molar-refractivity contribution in [2.75, 3.05) is 31.6 Å². The van der Waals surface area contributed by atoms with Crippen LogP contribution in [0.2, 0.25) is 0 Å². The van der Waals surface area contributed by atoms with Crippen LogP contribution in [0.3, 0.4) is 0 Å². The molecule has 0 saturated carbocycles. The van der Waals surface area contributed by atoms with Gasteiger partial charge in [-0.15, -0.1) is 0 Å². The molecule has 2 amide bonds. The van der Waals surface area contributed by atoms with Crippen LogP contribution in [0.25, 0.3) is 0 Å². The van der Waals surface area contributed by atoms with Gasteiger partial charge in [-0.1, -0.05) is 18.2 Å². The average Bonchev–Trinajstić information content (AvgIpc) is 2.86. The maximum absolute atomic E-state index is 13.4. The van der Waals surface area contributed by atoms with Crippen LogP contribution in [-0.2, 0) is 16.0 Å². The SMILES string of the molecule is COc1ccc(CCC[C@H](C(=O)N2CCN(c3ccccn3)C[C@@H]2C)[C@H](O)C(=O)NO)cc1. The van der Waals surface area contributed by atoms with Crippen molar-refractivity contribution in [2.24, 2.45) is 5.92 Å². The van der Waals surface area contributed by atoms with Gasteiger partial charge in [0.25, 0.3) is 5.91 Å². The Morgan fingerprint density at radius 1 is 1.21 bits per heavy atom. The average molecular weight is 457 g/mol. The fraction of sp³-hybridized carbons (Fsp3) is 0.458. The predicted octanol–water partition coefficient (Wildman–Crippen LogP) is 1.63. The summed E-state index contributed by atoms with van der Waals surface area (Å²) in [4.78, 5) is 33.6. The third-order valence-electron chi connectivity index (χ3n) is 6.10. The minimum absolute atomic E-state index is 0.123. The molecule has 1 saturated heterocycles. The van der Waals surface area contributed by atoms with Crippen molar-refractivity contribution < 1.29 is 24.6 Å². The molecule has 1 aliphatic heterocycles. The van der Waals surface area contributed by atoms with E-state index in [1.54, 1.807) is 18.2 Å². The normalized spacial score (nSPS) is 17.9. The highest BCUT2D eigenvalue weighted by Crippen LogP contribution is 2.23. The fourth-order valence-electron chi connectivity index (χ4n) is 4.23. The summed E-state index contributed by atoms with van der Waals surface area (Å²) in [5.41, 5.74) is 2.54. The number of aryl methyl sites for hydroxylation is 1. The first-order valence-corrected chi connectivity index (χ1v) is 11.2. The Bertz CT molecular complexity index is 909. The van der Waals surface area contributed by atoms with Gasteiger partial charge < -0.3 is 19.6 Å². The van der Waals surface area contributed by atoms with Crippen molar-refractivity contribution in [2.45, 2.75) is 38.3 Å². The predicted molar refractivity (Wildman–Crippen MR) is 123 cm³/mol. The zero-order valence-electron chi connectivity index (χ0n) is 19.1. The van der Waals surface area contributed by atoms with Crippen LogP contribution in [-0.4, -0.2) is 70.9 Å². The molecule has 0 aliphatic carbocycles. The fourth-order valence-corrected chi connectivity index (χ4v) is 4.23. The summed E-state index contributed by atoms with van der Waals surface area (Å²) in [5.74, 6) is -0.585. The van der Waals surface area contributed by atoms with Crippen LogP contribution in [0.15, 0.2) is 48.7 Å². The summed E-state index contributed by atoms with van der Waals surface area (Å²) in [7, 11) is 1.61. The number of hydrogen-bond acceptors (Lipinski definition) is 7. The van der Waals surface area contributed by atoms with Crippen molar-refractivity contribution in [1.29, 1.82) is 0 Å². The van der Waals surface area contributed by atoms with Crippen LogP contribution in [0.4, 0.5) is 5.82 Å². The summed E-state index contributed by atoms with van der Waals surface area (Å²) in [6.07, 6.45) is 1.71. The maximum Gasteiger partial charge on any atom is 0.272 e. The van der Waals surface area contributed by atoms with Crippen LogP contribution >= 0.6 is 0 Å². The number of nitrogens with one attached hydrogen (secondary N) is 1. The summed E-state index contributed by atoms with van der Waals surface area (Å²) in [6, 6.07) is 13.2. The van der Waals surface area contributed by atoms with Crippen molar-refractivity contribution in [3.63, 3.8) is 0 Å². The van der Waals surface area contributed by atoms with Gasteiger partial charge in [-0.25, -0.2) is 10.5 Å². The number of piperazine rings is 1. The number of hydroxylamine groups is 1. The van der Waals surface area contributed by atoms with E-state index < -0.39 is 17.9 Å². The second kappa shape index (κ2) is 11.6. The molecule has 1 aromatic heterocycles. The molecule has 9 nitrogen and oxygen atoms in total. The van der Waals surface area contributed by atoms with E-state index in [1.807, 2.05) is 49.4 Å². The highest BCUT2D eigenvalue weighted by atomic mass is 16.5. The zero-order valence-corrected chi connectivity index (χ0v) is 19.1. The van der Waals surface area contributed by atoms with Crippen molar-refractivity contribution in [3.8, 4) is 5.75 Å². The van der Waals surface area contributed by atoms with Gasteiger partial charge in [0, 0.05) is 31.9 Å². The standard InChI is InChI=1S/C24H32N4O5/c1-17-16-27(21-8-3-4-13-25-21)14-15-28(17)24(31)20(22(29)23(30)26-32)7-5-6-18-9-11-19(33-2)12-10-18/h3-4,8-13,17,20,22,29,32H,5-7,14-16H2,1-2H3,(H,26,30)/t17-,20-,22-/m0/s1. The van der Waals surface area contributed by atoms with Gasteiger partial charge in [-0.2, -0.15) is 0 Å². The van der Waals surface area contributed by atoms with Gasteiger partial charge in [-0.3, -0.25) is 14.8 Å². The number of aliphatic hydroxyl groups is 1. The van der Waals surface area contributed by atoms with E-state index >= 15 is 0 Å². The molecule has 0 radical (unpaired) electrons. The van der Waals surface area contributed by atoms with E-state index in [-0.39, 0.29) is 11.9 Å². The van der Waals surface area contributed by atoms with Gasteiger partial charge in [0.05, 0.1) is 13.0 Å². The third kappa shape index (κ3) is 6.21. The molecule has 1 aromatic carbocycles. The number of aliphatic hydroxyl groups excluding tert-OH is 1. The number of benzene rings is 1. The van der Waals surface area contributed by atoms with Crippen LogP contribution in [0.1, 0.15) is 25.3 Å². The first kappa shape index (κ1) is 24.5. The molecule has 3 rings (SSSR count). The second-order valence-electron chi connectivity index (χ2n) is 8.28. The quantitative estimate of drug-likeness (QED) is 0.388. The van der Waals surface area contributed by atoms with E-state index in [4.69, 9.17) is 9.94 Å². The topological polar surface area (TPSA) is 115 Å². The molecule has 1 aliphatic rings. The van der Waals surface area contributed by atoms with E-state index in [9.17, 15) is 14.7 Å². The molecular weight excluding hydrogens is 424 g/mol. The van der Waals surface area contributed by atoms with E-state index in [0.717, 1.165) is 17.1 Å². The van der Waals surface area contributed by atoms with Crippen LogP contribution < -0.4 is 15.1 Å². The Balaban J connectivity index is 1.65. The third-order valence-corrected chi connectivity index (χ3v) is 6.10. The summed E-state index contributed by atoms with van der Waals surface area (Å²) >= 11 is 0. The molecule has 0 spiro atoms. The molecule has 2 aromatic rings. The molecule has 3 atom stereocenters. The van der Waals surface area contributed by atoms with Crippen LogP contribution in [0, 0.1) is 5.92 Å². The Kier molecular flexibility index (Phi) is 8.62. The van der Waals surface area contributed by atoms with Gasteiger partial charge in [0.1, 0.15) is 17.7 Å². The van der Waals surface area contributed by atoms with Crippen molar-refractivity contribution >= 4 is 17.6 Å². The molecule has 2 heterocycles. The summed E-state index contributed by atoms with van der Waals surface area (Å²) in [5, 5.41) is 19.5. The lowest BCUT2D eigenvalue weighted by Gasteiger charge is -2.42. The summed E-state index contributed by atoms with van der Waals surface area (Å²) < 4.78 is 5.17. The monoisotopic (exact) mass is 456 g/mol. The van der Waals surface area contributed by atoms with Gasteiger partial charge in [0.15, 0.2) is 0 Å². The van der Waals surface area contributed by atoms with Crippen molar-refractivity contribution in [3.05, 3.63) is 54.2 Å². The van der Waals surface area contributed by atoms with E-state index in [0.29, 0.717) is 38.9 Å². The number of nitrogens with zero attached hydrogens (tertiary/aromatic N) is 3. The number of amides is 2. The minimum Gasteiger partial charge on any atom is -0.497 e. The highest BCUT2D eigenvalue weighted by Gasteiger charge is 2.38. The smallest absolute Gasteiger partial charge is 0.272 e. The Morgan fingerprint density at radius 3 is 2.58 bits per heavy atom. The highest BCUT2D eigenvalue weighted by molar-refractivity contribution is 5.89. The zero-order chi connectivity index (χ0) is 23.8. The summed E-state index contributed by atoms with van der Waals surface area (Å²) in [6.45, 7) is 3.61. The number of rotatable bonds is 9. The molecule has 178 valence electrons. The number of ether oxygens (including phenoxy) is 1. The van der Waals surface area contributed by atoms with Crippen molar-refractivity contribution in [1.82, 2.24) is 15.4 Å². The Labute approximate surface area is 193 Å². The number of hydrogen-bond donors (Lipinski definition) is 3. The Morgan fingerprint density at radius 2 is 1.97 bits per heavy atom. The molecule has 33 heavy (non-hydrogen) atoms. The lowest BCUT2D eigenvalue weighted by atomic mass is 9.91. The van der Waals surface area contributed by atoms with Gasteiger partial charge >= 0.3 is 0 Å². The lowest BCUT2D eigenvalue weighted by Crippen LogP contribution is -2.57. The van der Waals surface area contributed by atoms with E-state index in [1.165, 1.54) is 5.48 Å². The minimum atomic E-state index is -1.63. The number of carbonyl (C=O) groups is 2. The lowest BCUT2D eigenvalue weighted by molar-refractivity contribution is -0.152. The van der Waals surface area contributed by atoms with E-state index in [2.05, 4.69) is 9.88 Å². The number of aromatic nitrogens is 1. The van der Waals surface area contributed by atoms with Gasteiger partial charge in [0.2, 0.25) is 5.91 Å². The largest absolute Gasteiger partial charge is 0.497 e. The Hall–Kier alpha value is -3.17. The molecule has 1 fully saturated rings. The first-order chi connectivity index (χ1) is 15.9. The maximum atomic E-state index is 13.4. The first-order valence-electron chi connectivity index (χ1n) is 11.2.